The highest BCUT2D eigenvalue weighted by molar-refractivity contribution is 5.31. The van der Waals surface area contributed by atoms with E-state index in [0.29, 0.717) is 6.04 Å². The summed E-state index contributed by atoms with van der Waals surface area (Å²) in [5.74, 6) is 0.979. The second-order valence-corrected chi connectivity index (χ2v) is 6.09. The lowest BCUT2D eigenvalue weighted by atomic mass is 10.0. The SMILES string of the molecule is c1ccc(Cc2ccc(OCC[C@@H]3CCCCN3)cc2)cc1. The standard InChI is InChI=1S/C20H25NO/c1-2-6-17(7-3-1)16-18-9-11-20(12-10-18)22-15-13-19-8-4-5-14-21-19/h1-3,6-7,9-12,19,21H,4-5,8,13-16H2/t19-/m0/s1. The van der Waals surface area contributed by atoms with Crippen LogP contribution in [0.25, 0.3) is 0 Å². The van der Waals surface area contributed by atoms with Crippen molar-refractivity contribution >= 4 is 0 Å². The molecule has 1 aliphatic rings. The smallest absolute Gasteiger partial charge is 0.119 e. The van der Waals surface area contributed by atoms with Crippen molar-refractivity contribution in [1.82, 2.24) is 5.32 Å². The first-order chi connectivity index (χ1) is 10.9. The lowest BCUT2D eigenvalue weighted by Gasteiger charge is -2.23. The zero-order valence-corrected chi connectivity index (χ0v) is 13.1. The quantitative estimate of drug-likeness (QED) is 0.863. The summed E-state index contributed by atoms with van der Waals surface area (Å²) in [5.41, 5.74) is 2.67. The predicted octanol–water partition coefficient (Wildman–Crippen LogP) is 4.19. The highest BCUT2D eigenvalue weighted by Gasteiger charge is 2.11. The Bertz CT molecular complexity index is 544. The van der Waals surface area contributed by atoms with E-state index in [2.05, 4.69) is 59.9 Å². The van der Waals surface area contributed by atoms with Crippen LogP contribution in [0.2, 0.25) is 0 Å². The van der Waals surface area contributed by atoms with Gasteiger partial charge in [-0.2, -0.15) is 0 Å². The zero-order chi connectivity index (χ0) is 15.0. The van der Waals surface area contributed by atoms with E-state index in [9.17, 15) is 0 Å². The summed E-state index contributed by atoms with van der Waals surface area (Å²) < 4.78 is 5.87. The van der Waals surface area contributed by atoms with Gasteiger partial charge in [0.15, 0.2) is 0 Å². The van der Waals surface area contributed by atoms with Crippen molar-refractivity contribution in [1.29, 1.82) is 0 Å². The minimum absolute atomic E-state index is 0.645. The molecule has 1 atom stereocenters. The second kappa shape index (κ2) is 8.00. The van der Waals surface area contributed by atoms with E-state index < -0.39 is 0 Å². The first-order valence-electron chi connectivity index (χ1n) is 8.39. The van der Waals surface area contributed by atoms with Gasteiger partial charge in [-0.15, -0.1) is 0 Å². The van der Waals surface area contributed by atoms with Gasteiger partial charge in [-0.05, 0) is 55.5 Å². The molecule has 2 nitrogen and oxygen atoms in total. The molecule has 1 fully saturated rings. The fourth-order valence-corrected chi connectivity index (χ4v) is 3.02. The van der Waals surface area contributed by atoms with Gasteiger partial charge in [0.05, 0.1) is 6.61 Å². The van der Waals surface area contributed by atoms with E-state index in [1.54, 1.807) is 0 Å². The molecule has 0 saturated carbocycles. The fourth-order valence-electron chi connectivity index (χ4n) is 3.02. The highest BCUT2D eigenvalue weighted by atomic mass is 16.5. The summed E-state index contributed by atoms with van der Waals surface area (Å²) in [6, 6.07) is 19.7. The van der Waals surface area contributed by atoms with Crippen molar-refractivity contribution in [3.63, 3.8) is 0 Å². The van der Waals surface area contributed by atoms with Gasteiger partial charge in [0.2, 0.25) is 0 Å². The van der Waals surface area contributed by atoms with Gasteiger partial charge in [-0.3, -0.25) is 0 Å². The van der Waals surface area contributed by atoms with Crippen molar-refractivity contribution in [2.45, 2.75) is 38.1 Å². The van der Waals surface area contributed by atoms with Crippen molar-refractivity contribution in [3.05, 3.63) is 65.7 Å². The third-order valence-corrected chi connectivity index (χ3v) is 4.32. The van der Waals surface area contributed by atoms with Crippen molar-refractivity contribution in [3.8, 4) is 5.75 Å². The van der Waals surface area contributed by atoms with Crippen molar-refractivity contribution in [2.75, 3.05) is 13.2 Å². The van der Waals surface area contributed by atoms with Gasteiger partial charge in [-0.25, -0.2) is 0 Å². The molecule has 0 spiro atoms. The Balaban J connectivity index is 1.45. The summed E-state index contributed by atoms with van der Waals surface area (Å²) >= 11 is 0. The molecule has 0 aliphatic carbocycles. The number of piperidine rings is 1. The summed E-state index contributed by atoms with van der Waals surface area (Å²) in [6.07, 6.45) is 6.05. The van der Waals surface area contributed by atoms with Gasteiger partial charge in [0, 0.05) is 6.04 Å². The molecule has 2 heteroatoms. The molecule has 0 bridgehead atoms. The van der Waals surface area contributed by atoms with Crippen LogP contribution < -0.4 is 10.1 Å². The van der Waals surface area contributed by atoms with Crippen LogP contribution in [0.3, 0.4) is 0 Å². The van der Waals surface area contributed by atoms with E-state index in [-0.39, 0.29) is 0 Å². The maximum atomic E-state index is 5.87. The predicted molar refractivity (Wildman–Crippen MR) is 91.4 cm³/mol. The number of hydrogen-bond donors (Lipinski definition) is 1. The Morgan fingerprint density at radius 1 is 0.909 bits per heavy atom. The molecule has 0 radical (unpaired) electrons. The third-order valence-electron chi connectivity index (χ3n) is 4.32. The molecule has 1 N–H and O–H groups in total. The molecule has 0 aromatic heterocycles. The average Bonchev–Trinajstić information content (AvgIpc) is 2.58. The van der Waals surface area contributed by atoms with E-state index >= 15 is 0 Å². The average molecular weight is 295 g/mol. The molecule has 0 unspecified atom stereocenters. The van der Waals surface area contributed by atoms with Crippen LogP contribution in [0.15, 0.2) is 54.6 Å². The molecule has 116 valence electrons. The molecule has 1 saturated heterocycles. The topological polar surface area (TPSA) is 21.3 Å². The first-order valence-corrected chi connectivity index (χ1v) is 8.39. The van der Waals surface area contributed by atoms with Crippen molar-refractivity contribution in [2.24, 2.45) is 0 Å². The maximum absolute atomic E-state index is 5.87. The lowest BCUT2D eigenvalue weighted by molar-refractivity contribution is 0.268. The van der Waals surface area contributed by atoms with Crippen LogP contribution in [0.5, 0.6) is 5.75 Å². The molecule has 1 heterocycles. The molecular formula is C20H25NO. The lowest BCUT2D eigenvalue weighted by Crippen LogP contribution is -2.35. The van der Waals surface area contributed by atoms with Crippen LogP contribution in [-0.4, -0.2) is 19.2 Å². The number of nitrogens with one attached hydrogen (secondary N) is 1. The Morgan fingerprint density at radius 3 is 2.41 bits per heavy atom. The van der Waals surface area contributed by atoms with Crippen LogP contribution >= 0.6 is 0 Å². The summed E-state index contributed by atoms with van der Waals surface area (Å²) in [5, 5.41) is 3.56. The van der Waals surface area contributed by atoms with E-state index in [4.69, 9.17) is 4.74 Å². The second-order valence-electron chi connectivity index (χ2n) is 6.09. The van der Waals surface area contributed by atoms with E-state index in [0.717, 1.165) is 25.2 Å². The number of ether oxygens (including phenoxy) is 1. The Kier molecular flexibility index (Phi) is 5.49. The van der Waals surface area contributed by atoms with Crippen LogP contribution in [0, 0.1) is 0 Å². The molecular weight excluding hydrogens is 270 g/mol. The van der Waals surface area contributed by atoms with E-state index in [1.165, 1.54) is 36.9 Å². The zero-order valence-electron chi connectivity index (χ0n) is 13.1. The normalized spacial score (nSPS) is 18.1. The highest BCUT2D eigenvalue weighted by Crippen LogP contribution is 2.16. The molecule has 2 aromatic rings. The Labute approximate surface area is 133 Å². The van der Waals surface area contributed by atoms with Crippen LogP contribution in [-0.2, 0) is 6.42 Å². The van der Waals surface area contributed by atoms with Gasteiger partial charge in [0.1, 0.15) is 5.75 Å². The Morgan fingerprint density at radius 2 is 1.68 bits per heavy atom. The van der Waals surface area contributed by atoms with Gasteiger partial charge >= 0.3 is 0 Å². The van der Waals surface area contributed by atoms with Crippen molar-refractivity contribution < 1.29 is 4.74 Å². The van der Waals surface area contributed by atoms with Gasteiger partial charge in [-0.1, -0.05) is 48.9 Å². The van der Waals surface area contributed by atoms with E-state index in [1.807, 2.05) is 0 Å². The molecule has 2 aromatic carbocycles. The van der Waals surface area contributed by atoms with Crippen LogP contribution in [0.4, 0.5) is 0 Å². The first kappa shape index (κ1) is 15.1. The number of rotatable bonds is 6. The maximum Gasteiger partial charge on any atom is 0.119 e. The van der Waals surface area contributed by atoms with Crippen LogP contribution in [0.1, 0.15) is 36.8 Å². The largest absolute Gasteiger partial charge is 0.494 e. The minimum atomic E-state index is 0.645. The van der Waals surface area contributed by atoms with Gasteiger partial charge in [0.25, 0.3) is 0 Å². The Hall–Kier alpha value is -1.80. The minimum Gasteiger partial charge on any atom is -0.494 e. The van der Waals surface area contributed by atoms with Gasteiger partial charge < -0.3 is 10.1 Å². The number of hydrogen-bond acceptors (Lipinski definition) is 2. The molecule has 22 heavy (non-hydrogen) atoms. The summed E-state index contributed by atoms with van der Waals surface area (Å²) in [6.45, 7) is 1.97. The fraction of sp³-hybridized carbons (Fsp3) is 0.400. The number of benzene rings is 2. The monoisotopic (exact) mass is 295 g/mol. The third kappa shape index (κ3) is 4.60. The summed E-state index contributed by atoms with van der Waals surface area (Å²) in [7, 11) is 0. The summed E-state index contributed by atoms with van der Waals surface area (Å²) in [4.78, 5) is 0. The molecule has 3 rings (SSSR count). The molecule has 1 aliphatic heterocycles. The molecule has 0 amide bonds.